The second kappa shape index (κ2) is 5.68. The summed E-state index contributed by atoms with van der Waals surface area (Å²) < 4.78 is 5.95. The zero-order valence-corrected chi connectivity index (χ0v) is 12.9. The lowest BCUT2D eigenvalue weighted by Crippen LogP contribution is -1.88. The zero-order valence-electron chi connectivity index (χ0n) is 11.3. The minimum Gasteiger partial charge on any atom is -0.457 e. The SMILES string of the molecule is Cc1cc(Oc2ccc3ccccc3c2)ccc1CBr. The van der Waals surface area contributed by atoms with Crippen LogP contribution in [-0.2, 0) is 5.33 Å². The fourth-order valence-corrected chi connectivity index (χ4v) is 2.88. The van der Waals surface area contributed by atoms with Crippen LogP contribution in [0.25, 0.3) is 10.8 Å². The van der Waals surface area contributed by atoms with Gasteiger partial charge in [0.05, 0.1) is 0 Å². The van der Waals surface area contributed by atoms with Crippen LogP contribution in [0.2, 0.25) is 0 Å². The van der Waals surface area contributed by atoms with Crippen LogP contribution >= 0.6 is 15.9 Å². The third-order valence-corrected chi connectivity index (χ3v) is 4.02. The molecule has 0 saturated heterocycles. The monoisotopic (exact) mass is 326 g/mol. The number of fused-ring (bicyclic) bond motifs is 1. The van der Waals surface area contributed by atoms with E-state index in [0.717, 1.165) is 16.8 Å². The molecule has 0 aromatic heterocycles. The summed E-state index contributed by atoms with van der Waals surface area (Å²) in [4.78, 5) is 0. The van der Waals surface area contributed by atoms with Gasteiger partial charge in [0.25, 0.3) is 0 Å². The van der Waals surface area contributed by atoms with Crippen molar-refractivity contribution in [2.75, 3.05) is 0 Å². The van der Waals surface area contributed by atoms with E-state index in [1.807, 2.05) is 24.3 Å². The molecule has 2 heteroatoms. The van der Waals surface area contributed by atoms with E-state index in [-0.39, 0.29) is 0 Å². The molecule has 0 heterocycles. The highest BCUT2D eigenvalue weighted by Gasteiger charge is 2.02. The fourth-order valence-electron chi connectivity index (χ4n) is 2.25. The van der Waals surface area contributed by atoms with Crippen molar-refractivity contribution in [3.63, 3.8) is 0 Å². The largest absolute Gasteiger partial charge is 0.457 e. The molecule has 20 heavy (non-hydrogen) atoms. The lowest BCUT2D eigenvalue weighted by Gasteiger charge is -2.09. The van der Waals surface area contributed by atoms with Crippen LogP contribution in [0.3, 0.4) is 0 Å². The molecule has 0 aliphatic rings. The third-order valence-electron chi connectivity index (χ3n) is 3.41. The maximum Gasteiger partial charge on any atom is 0.128 e. The molecule has 0 N–H and O–H groups in total. The van der Waals surface area contributed by atoms with Crippen molar-refractivity contribution in [2.45, 2.75) is 12.3 Å². The van der Waals surface area contributed by atoms with Crippen molar-refractivity contribution in [3.05, 3.63) is 71.8 Å². The van der Waals surface area contributed by atoms with Crippen LogP contribution in [0.4, 0.5) is 0 Å². The van der Waals surface area contributed by atoms with Crippen molar-refractivity contribution in [1.82, 2.24) is 0 Å². The summed E-state index contributed by atoms with van der Waals surface area (Å²) in [5.74, 6) is 1.75. The first-order valence-corrected chi connectivity index (χ1v) is 7.70. The maximum atomic E-state index is 5.95. The lowest BCUT2D eigenvalue weighted by molar-refractivity contribution is 0.483. The molecule has 0 saturated carbocycles. The first-order valence-electron chi connectivity index (χ1n) is 6.58. The Morgan fingerprint density at radius 3 is 2.30 bits per heavy atom. The Morgan fingerprint density at radius 1 is 0.850 bits per heavy atom. The van der Waals surface area contributed by atoms with Gasteiger partial charge in [-0.2, -0.15) is 0 Å². The molecule has 3 rings (SSSR count). The van der Waals surface area contributed by atoms with E-state index in [1.54, 1.807) is 0 Å². The van der Waals surface area contributed by atoms with Gasteiger partial charge in [0.1, 0.15) is 11.5 Å². The first kappa shape index (κ1) is 13.2. The van der Waals surface area contributed by atoms with E-state index in [9.17, 15) is 0 Å². The molecule has 0 bridgehead atoms. The Labute approximate surface area is 127 Å². The van der Waals surface area contributed by atoms with Gasteiger partial charge in [-0.15, -0.1) is 0 Å². The average Bonchev–Trinajstić information content (AvgIpc) is 2.47. The van der Waals surface area contributed by atoms with Crippen molar-refractivity contribution in [1.29, 1.82) is 0 Å². The molecule has 0 aliphatic carbocycles. The Bertz CT molecular complexity index is 749. The number of halogens is 1. The van der Waals surface area contributed by atoms with Crippen molar-refractivity contribution in [3.8, 4) is 11.5 Å². The number of benzene rings is 3. The van der Waals surface area contributed by atoms with Crippen molar-refractivity contribution < 1.29 is 4.74 Å². The second-order valence-corrected chi connectivity index (χ2v) is 5.39. The third kappa shape index (κ3) is 2.70. The number of aryl methyl sites for hydroxylation is 1. The maximum absolute atomic E-state index is 5.95. The Kier molecular flexibility index (Phi) is 3.75. The van der Waals surface area contributed by atoms with Crippen molar-refractivity contribution in [2.24, 2.45) is 0 Å². The molecular weight excluding hydrogens is 312 g/mol. The van der Waals surface area contributed by atoms with E-state index >= 15 is 0 Å². The zero-order chi connectivity index (χ0) is 13.9. The number of hydrogen-bond donors (Lipinski definition) is 0. The van der Waals surface area contributed by atoms with Gasteiger partial charge in [-0.25, -0.2) is 0 Å². The number of hydrogen-bond acceptors (Lipinski definition) is 1. The average molecular weight is 327 g/mol. The molecule has 0 radical (unpaired) electrons. The summed E-state index contributed by atoms with van der Waals surface area (Å²) in [7, 11) is 0. The van der Waals surface area contributed by atoms with E-state index in [0.29, 0.717) is 0 Å². The standard InChI is InChI=1S/C18H15BrO/c1-13-10-17(9-7-16(13)12-19)20-18-8-6-14-4-2-3-5-15(14)11-18/h2-11H,12H2,1H3. The van der Waals surface area contributed by atoms with E-state index in [2.05, 4.69) is 59.3 Å². The molecule has 0 spiro atoms. The highest BCUT2D eigenvalue weighted by atomic mass is 79.9. The van der Waals surface area contributed by atoms with Gasteiger partial charge in [-0.1, -0.05) is 52.3 Å². The van der Waals surface area contributed by atoms with Crippen LogP contribution in [0.1, 0.15) is 11.1 Å². The molecule has 0 amide bonds. The van der Waals surface area contributed by atoms with Crippen LogP contribution in [0.15, 0.2) is 60.7 Å². The van der Waals surface area contributed by atoms with E-state index < -0.39 is 0 Å². The molecule has 0 atom stereocenters. The highest BCUT2D eigenvalue weighted by molar-refractivity contribution is 9.08. The Hall–Kier alpha value is -1.80. The second-order valence-electron chi connectivity index (χ2n) is 4.83. The fraction of sp³-hybridized carbons (Fsp3) is 0.111. The smallest absolute Gasteiger partial charge is 0.128 e. The number of ether oxygens (including phenoxy) is 1. The lowest BCUT2D eigenvalue weighted by atomic mass is 10.1. The topological polar surface area (TPSA) is 9.23 Å². The molecular formula is C18H15BrO. The quantitative estimate of drug-likeness (QED) is 0.550. The van der Waals surface area contributed by atoms with Gasteiger partial charge < -0.3 is 4.74 Å². The Morgan fingerprint density at radius 2 is 1.55 bits per heavy atom. The van der Waals surface area contributed by atoms with Gasteiger partial charge in [0, 0.05) is 5.33 Å². The summed E-state index contributed by atoms with van der Waals surface area (Å²) >= 11 is 3.49. The molecule has 3 aromatic carbocycles. The van der Waals surface area contributed by atoms with E-state index in [1.165, 1.54) is 21.9 Å². The molecule has 1 nitrogen and oxygen atoms in total. The van der Waals surface area contributed by atoms with Gasteiger partial charge >= 0.3 is 0 Å². The highest BCUT2D eigenvalue weighted by Crippen LogP contribution is 2.27. The van der Waals surface area contributed by atoms with Crippen LogP contribution < -0.4 is 4.74 Å². The Balaban J connectivity index is 1.90. The first-order chi connectivity index (χ1) is 9.76. The minimum atomic E-state index is 0.870. The number of alkyl halides is 1. The summed E-state index contributed by atoms with van der Waals surface area (Å²) in [5.41, 5.74) is 2.52. The summed E-state index contributed by atoms with van der Waals surface area (Å²) in [6.45, 7) is 2.10. The van der Waals surface area contributed by atoms with Crippen LogP contribution in [-0.4, -0.2) is 0 Å². The van der Waals surface area contributed by atoms with Crippen LogP contribution in [0.5, 0.6) is 11.5 Å². The van der Waals surface area contributed by atoms with Gasteiger partial charge in [0.2, 0.25) is 0 Å². The normalized spacial score (nSPS) is 10.7. The van der Waals surface area contributed by atoms with Crippen LogP contribution in [0, 0.1) is 6.92 Å². The predicted octanol–water partition coefficient (Wildman–Crippen LogP) is 5.84. The molecule has 100 valence electrons. The molecule has 3 aromatic rings. The van der Waals surface area contributed by atoms with Crippen molar-refractivity contribution >= 4 is 26.7 Å². The molecule has 0 aliphatic heterocycles. The van der Waals surface area contributed by atoms with Gasteiger partial charge in [-0.3, -0.25) is 0 Å². The van der Waals surface area contributed by atoms with E-state index in [4.69, 9.17) is 4.74 Å². The van der Waals surface area contributed by atoms with Gasteiger partial charge in [0.15, 0.2) is 0 Å². The summed E-state index contributed by atoms with van der Waals surface area (Å²) in [6, 6.07) is 20.6. The number of rotatable bonds is 3. The minimum absolute atomic E-state index is 0.870. The summed E-state index contributed by atoms with van der Waals surface area (Å²) in [6.07, 6.45) is 0. The summed E-state index contributed by atoms with van der Waals surface area (Å²) in [5, 5.41) is 3.29. The predicted molar refractivity (Wildman–Crippen MR) is 87.8 cm³/mol. The van der Waals surface area contributed by atoms with Gasteiger partial charge in [-0.05, 0) is 53.1 Å². The molecule has 0 fully saturated rings. The molecule has 0 unspecified atom stereocenters.